The Morgan fingerprint density at radius 2 is 2.00 bits per heavy atom. The van der Waals surface area contributed by atoms with Crippen molar-refractivity contribution >= 4 is 5.78 Å². The number of carbonyl (C=O) groups is 1. The van der Waals surface area contributed by atoms with E-state index in [1.165, 1.54) is 6.92 Å². The zero-order chi connectivity index (χ0) is 12.2. The van der Waals surface area contributed by atoms with Crippen molar-refractivity contribution < 1.29 is 14.6 Å². The first-order valence-electron chi connectivity index (χ1n) is 5.80. The summed E-state index contributed by atoms with van der Waals surface area (Å²) in [5.41, 5.74) is -0.809. The van der Waals surface area contributed by atoms with E-state index in [0.29, 0.717) is 12.8 Å². The third-order valence-electron chi connectivity index (χ3n) is 4.06. The predicted octanol–water partition coefficient (Wildman–Crippen LogP) is 1.84. The van der Waals surface area contributed by atoms with Crippen molar-refractivity contribution in [3.63, 3.8) is 0 Å². The topological polar surface area (TPSA) is 49.8 Å². The summed E-state index contributed by atoms with van der Waals surface area (Å²) in [6, 6.07) is 0. The summed E-state index contributed by atoms with van der Waals surface area (Å²) in [5, 5.41) is 9.83. The standard InChI is InChI=1S/C13H20O3/c1-9(14)5-6-13-11(2,3)7-10(15)8-12(13,4)16-13/h5-6,10,15H,7-8H2,1-4H3/b6-5+/t10-,12+,13-/m0/s1. The van der Waals surface area contributed by atoms with Crippen LogP contribution in [0.25, 0.3) is 0 Å². The molecule has 0 spiro atoms. The molecule has 0 aromatic rings. The second kappa shape index (κ2) is 3.17. The van der Waals surface area contributed by atoms with Gasteiger partial charge in [0.15, 0.2) is 5.78 Å². The van der Waals surface area contributed by atoms with Crippen LogP contribution in [-0.2, 0) is 9.53 Å². The largest absolute Gasteiger partial charge is 0.393 e. The Balaban J connectivity index is 2.31. The highest BCUT2D eigenvalue weighted by Gasteiger charge is 2.74. The molecule has 2 fully saturated rings. The van der Waals surface area contributed by atoms with Crippen LogP contribution in [0.2, 0.25) is 0 Å². The minimum atomic E-state index is -0.370. The van der Waals surface area contributed by atoms with Crippen LogP contribution in [0.1, 0.15) is 40.5 Å². The highest BCUT2D eigenvalue weighted by Crippen LogP contribution is 2.65. The van der Waals surface area contributed by atoms with Crippen LogP contribution in [0, 0.1) is 5.41 Å². The minimum absolute atomic E-state index is 0.0362. The van der Waals surface area contributed by atoms with E-state index >= 15 is 0 Å². The number of aliphatic hydroxyl groups excluding tert-OH is 1. The molecule has 2 aliphatic rings. The maximum absolute atomic E-state index is 11.0. The number of hydrogen-bond donors (Lipinski definition) is 1. The number of allylic oxidation sites excluding steroid dienone is 1. The Hall–Kier alpha value is -0.670. The maximum Gasteiger partial charge on any atom is 0.152 e. The van der Waals surface area contributed by atoms with E-state index in [0.717, 1.165) is 0 Å². The zero-order valence-corrected chi connectivity index (χ0v) is 10.4. The molecule has 90 valence electrons. The van der Waals surface area contributed by atoms with Crippen LogP contribution in [0.4, 0.5) is 0 Å². The van der Waals surface area contributed by atoms with Gasteiger partial charge in [0.1, 0.15) is 11.2 Å². The molecule has 1 saturated heterocycles. The SMILES string of the molecule is CC(=O)/C=C/[C@@]12O[C@]1(C)C[C@@H](O)CC2(C)C. The molecule has 0 amide bonds. The molecule has 1 N–H and O–H groups in total. The zero-order valence-electron chi connectivity index (χ0n) is 10.4. The number of epoxide rings is 1. The fraction of sp³-hybridized carbons (Fsp3) is 0.769. The Kier molecular flexibility index (Phi) is 2.34. The van der Waals surface area contributed by atoms with E-state index in [1.54, 1.807) is 6.08 Å². The number of carbonyl (C=O) groups excluding carboxylic acids is 1. The smallest absolute Gasteiger partial charge is 0.152 e. The molecule has 3 atom stereocenters. The van der Waals surface area contributed by atoms with Crippen molar-refractivity contribution in [3.05, 3.63) is 12.2 Å². The molecule has 2 rings (SSSR count). The first-order chi connectivity index (χ1) is 7.22. The monoisotopic (exact) mass is 224 g/mol. The number of ketones is 1. The molecule has 0 radical (unpaired) electrons. The van der Waals surface area contributed by atoms with E-state index in [4.69, 9.17) is 4.74 Å². The average Bonchev–Trinajstić information content (AvgIpc) is 2.67. The van der Waals surface area contributed by atoms with Crippen LogP contribution in [-0.4, -0.2) is 28.2 Å². The molecule has 0 aromatic carbocycles. The lowest BCUT2D eigenvalue weighted by molar-refractivity contribution is -0.112. The summed E-state index contributed by atoms with van der Waals surface area (Å²) in [4.78, 5) is 11.0. The Morgan fingerprint density at radius 3 is 2.50 bits per heavy atom. The number of fused-ring (bicyclic) bond motifs is 1. The number of hydrogen-bond acceptors (Lipinski definition) is 3. The second-order valence-corrected chi connectivity index (χ2v) is 5.96. The van der Waals surface area contributed by atoms with Crippen molar-refractivity contribution in [2.75, 3.05) is 0 Å². The van der Waals surface area contributed by atoms with E-state index in [9.17, 15) is 9.90 Å². The Labute approximate surface area is 96.5 Å². The summed E-state index contributed by atoms with van der Waals surface area (Å²) < 4.78 is 5.89. The van der Waals surface area contributed by atoms with Gasteiger partial charge in [-0.05, 0) is 32.4 Å². The quantitative estimate of drug-likeness (QED) is 0.575. The molecule has 0 aromatic heterocycles. The van der Waals surface area contributed by atoms with Crippen molar-refractivity contribution in [1.29, 1.82) is 0 Å². The molecular formula is C13H20O3. The molecule has 1 heterocycles. The summed E-state index contributed by atoms with van der Waals surface area (Å²) in [6.07, 6.45) is 4.54. The molecular weight excluding hydrogens is 204 g/mol. The van der Waals surface area contributed by atoms with Gasteiger partial charge in [-0.25, -0.2) is 0 Å². The molecule has 1 saturated carbocycles. The van der Waals surface area contributed by atoms with Gasteiger partial charge in [-0.15, -0.1) is 0 Å². The van der Waals surface area contributed by atoms with Gasteiger partial charge < -0.3 is 9.84 Å². The van der Waals surface area contributed by atoms with Crippen molar-refractivity contribution in [2.24, 2.45) is 5.41 Å². The number of ether oxygens (including phenoxy) is 1. The van der Waals surface area contributed by atoms with Gasteiger partial charge in [0.2, 0.25) is 0 Å². The molecule has 1 aliphatic heterocycles. The Bertz CT molecular complexity index is 358. The first-order valence-corrected chi connectivity index (χ1v) is 5.80. The summed E-state index contributed by atoms with van der Waals surface area (Å²) in [6.45, 7) is 7.73. The van der Waals surface area contributed by atoms with E-state index in [1.807, 2.05) is 13.0 Å². The number of aliphatic hydroxyl groups is 1. The van der Waals surface area contributed by atoms with E-state index in [2.05, 4.69) is 13.8 Å². The summed E-state index contributed by atoms with van der Waals surface area (Å²) in [7, 11) is 0. The number of rotatable bonds is 2. The van der Waals surface area contributed by atoms with Gasteiger partial charge in [0.05, 0.1) is 6.10 Å². The fourth-order valence-electron chi connectivity index (χ4n) is 3.31. The minimum Gasteiger partial charge on any atom is -0.393 e. The molecule has 0 bridgehead atoms. The molecule has 3 nitrogen and oxygen atoms in total. The van der Waals surface area contributed by atoms with Gasteiger partial charge in [-0.2, -0.15) is 0 Å². The lowest BCUT2D eigenvalue weighted by atomic mass is 9.63. The van der Waals surface area contributed by atoms with Gasteiger partial charge in [0.25, 0.3) is 0 Å². The van der Waals surface area contributed by atoms with E-state index < -0.39 is 0 Å². The molecule has 0 unspecified atom stereocenters. The van der Waals surface area contributed by atoms with Crippen LogP contribution in [0.15, 0.2) is 12.2 Å². The molecule has 3 heteroatoms. The van der Waals surface area contributed by atoms with Crippen molar-refractivity contribution in [3.8, 4) is 0 Å². The Morgan fingerprint density at radius 1 is 1.38 bits per heavy atom. The van der Waals surface area contributed by atoms with Crippen LogP contribution < -0.4 is 0 Å². The molecule has 1 aliphatic carbocycles. The third-order valence-corrected chi connectivity index (χ3v) is 4.06. The van der Waals surface area contributed by atoms with Crippen molar-refractivity contribution in [2.45, 2.75) is 57.8 Å². The summed E-state index contributed by atoms with van der Waals surface area (Å²) >= 11 is 0. The second-order valence-electron chi connectivity index (χ2n) is 5.96. The highest BCUT2D eigenvalue weighted by atomic mass is 16.6. The van der Waals surface area contributed by atoms with Crippen LogP contribution >= 0.6 is 0 Å². The van der Waals surface area contributed by atoms with Gasteiger partial charge >= 0.3 is 0 Å². The fourth-order valence-corrected chi connectivity index (χ4v) is 3.31. The van der Waals surface area contributed by atoms with Gasteiger partial charge in [-0.1, -0.05) is 13.8 Å². The van der Waals surface area contributed by atoms with E-state index in [-0.39, 0.29) is 28.5 Å². The lowest BCUT2D eigenvalue weighted by Gasteiger charge is -2.38. The normalized spacial score (nSPS) is 45.4. The maximum atomic E-state index is 11.0. The van der Waals surface area contributed by atoms with Crippen LogP contribution in [0.5, 0.6) is 0 Å². The summed E-state index contributed by atoms with van der Waals surface area (Å²) in [5.74, 6) is 0.0362. The highest BCUT2D eigenvalue weighted by molar-refractivity contribution is 5.87. The molecule has 16 heavy (non-hydrogen) atoms. The predicted molar refractivity (Wildman–Crippen MR) is 61.1 cm³/mol. The average molecular weight is 224 g/mol. The van der Waals surface area contributed by atoms with Gasteiger partial charge in [0, 0.05) is 11.8 Å². The first kappa shape index (κ1) is 11.8. The third kappa shape index (κ3) is 1.45. The van der Waals surface area contributed by atoms with Gasteiger partial charge in [-0.3, -0.25) is 4.79 Å². The van der Waals surface area contributed by atoms with Crippen LogP contribution in [0.3, 0.4) is 0 Å². The lowest BCUT2D eigenvalue weighted by Crippen LogP contribution is -2.46. The van der Waals surface area contributed by atoms with Crippen molar-refractivity contribution in [1.82, 2.24) is 0 Å².